The molecule has 0 saturated heterocycles. The highest BCUT2D eigenvalue weighted by atomic mass is 32.2. The van der Waals surface area contributed by atoms with Crippen molar-refractivity contribution < 1.29 is 17.9 Å². The van der Waals surface area contributed by atoms with Crippen LogP contribution in [0.2, 0.25) is 0 Å². The topological polar surface area (TPSA) is 70.4 Å². The first-order valence-electron chi connectivity index (χ1n) is 7.88. The van der Waals surface area contributed by atoms with Crippen LogP contribution in [0.5, 0.6) is 11.5 Å². The maximum Gasteiger partial charge on any atom is 0.229 e. The fraction of sp³-hybridized carbons (Fsp3) is 0.278. The maximum atomic E-state index is 12.5. The zero-order chi connectivity index (χ0) is 18.0. The monoisotopic (exact) mass is 360 g/mol. The van der Waals surface area contributed by atoms with Crippen molar-refractivity contribution in [2.24, 2.45) is 0 Å². The molecule has 0 fully saturated rings. The molecule has 0 saturated carbocycles. The van der Waals surface area contributed by atoms with Gasteiger partial charge >= 0.3 is 0 Å². The van der Waals surface area contributed by atoms with Crippen LogP contribution in [0.3, 0.4) is 0 Å². The molecule has 0 bridgehead atoms. The summed E-state index contributed by atoms with van der Waals surface area (Å²) in [7, 11) is -0.290. The second kappa shape index (κ2) is 6.76. The molecule has 0 spiro atoms. The minimum Gasteiger partial charge on any atom is -0.497 e. The van der Waals surface area contributed by atoms with E-state index < -0.39 is 9.84 Å². The summed E-state index contributed by atoms with van der Waals surface area (Å²) in [6, 6.07) is 12.9. The van der Waals surface area contributed by atoms with E-state index in [9.17, 15) is 8.42 Å². The van der Waals surface area contributed by atoms with Crippen molar-refractivity contribution in [2.75, 3.05) is 20.0 Å². The van der Waals surface area contributed by atoms with Crippen molar-refractivity contribution in [3.8, 4) is 11.5 Å². The molecule has 0 N–H and O–H groups in total. The molecule has 0 radical (unpaired) electrons. The molecular formula is C18H20N2O4S. The Balaban J connectivity index is 2.17. The van der Waals surface area contributed by atoms with Crippen LogP contribution in [-0.2, 0) is 16.4 Å². The van der Waals surface area contributed by atoms with Crippen molar-refractivity contribution >= 4 is 20.9 Å². The number of benzene rings is 2. The van der Waals surface area contributed by atoms with Crippen LogP contribution >= 0.6 is 0 Å². The van der Waals surface area contributed by atoms with Gasteiger partial charge in [-0.05, 0) is 29.8 Å². The average molecular weight is 360 g/mol. The summed E-state index contributed by atoms with van der Waals surface area (Å²) in [5.41, 5.74) is 2.30. The predicted molar refractivity (Wildman–Crippen MR) is 96.1 cm³/mol. The third-order valence-electron chi connectivity index (χ3n) is 4.03. The lowest BCUT2D eigenvalue weighted by atomic mass is 10.2. The van der Waals surface area contributed by atoms with E-state index in [4.69, 9.17) is 9.47 Å². The molecule has 0 unspecified atom stereocenters. The molecule has 0 amide bonds. The van der Waals surface area contributed by atoms with Crippen molar-refractivity contribution in [1.82, 2.24) is 9.55 Å². The normalized spacial score (nSPS) is 11.6. The molecule has 3 aromatic rings. The zero-order valence-electron chi connectivity index (χ0n) is 14.4. The number of nitrogens with zero attached hydrogens (tertiary/aromatic N) is 2. The Morgan fingerprint density at radius 2 is 1.68 bits per heavy atom. The summed E-state index contributed by atoms with van der Waals surface area (Å²) < 4.78 is 37.3. The van der Waals surface area contributed by atoms with Gasteiger partial charge in [0.05, 0.1) is 37.6 Å². The standard InChI is InChI=1S/C18H20N2O4S/c1-4-25(21,22)18-19-16-7-5-6-8-17(16)20(18)12-13-9-14(23-2)11-15(10-13)24-3/h5-11H,4,12H2,1-3H3. The fourth-order valence-corrected chi connectivity index (χ4v) is 3.71. The SMILES string of the molecule is CCS(=O)(=O)c1nc2ccccc2n1Cc1cc(OC)cc(OC)c1. The van der Waals surface area contributed by atoms with E-state index >= 15 is 0 Å². The zero-order valence-corrected chi connectivity index (χ0v) is 15.2. The lowest BCUT2D eigenvalue weighted by molar-refractivity contribution is 0.393. The van der Waals surface area contributed by atoms with Crippen molar-refractivity contribution in [3.05, 3.63) is 48.0 Å². The molecule has 1 heterocycles. The minimum atomic E-state index is -3.45. The molecule has 0 aliphatic carbocycles. The number of fused-ring (bicyclic) bond motifs is 1. The summed E-state index contributed by atoms with van der Waals surface area (Å²) in [5, 5.41) is 0.0815. The van der Waals surface area contributed by atoms with Crippen LogP contribution in [0, 0.1) is 0 Å². The lowest BCUT2D eigenvalue weighted by Gasteiger charge is -2.12. The van der Waals surface area contributed by atoms with E-state index in [1.54, 1.807) is 31.8 Å². The van der Waals surface area contributed by atoms with Crippen LogP contribution in [-0.4, -0.2) is 37.9 Å². The summed E-state index contributed by atoms with van der Waals surface area (Å²) in [6.45, 7) is 1.97. The molecule has 0 aliphatic rings. The third kappa shape index (κ3) is 3.32. The smallest absolute Gasteiger partial charge is 0.229 e. The first kappa shape index (κ1) is 17.3. The van der Waals surface area contributed by atoms with Crippen molar-refractivity contribution in [2.45, 2.75) is 18.6 Å². The molecule has 25 heavy (non-hydrogen) atoms. The molecular weight excluding hydrogens is 340 g/mol. The van der Waals surface area contributed by atoms with Crippen LogP contribution in [0.1, 0.15) is 12.5 Å². The summed E-state index contributed by atoms with van der Waals surface area (Å²) in [5.74, 6) is 1.30. The second-order valence-electron chi connectivity index (χ2n) is 5.59. The van der Waals surface area contributed by atoms with Crippen LogP contribution in [0.25, 0.3) is 11.0 Å². The summed E-state index contributed by atoms with van der Waals surface area (Å²) >= 11 is 0. The van der Waals surface area contributed by atoms with Crippen molar-refractivity contribution in [3.63, 3.8) is 0 Å². The summed E-state index contributed by atoms with van der Waals surface area (Å²) in [6.07, 6.45) is 0. The highest BCUT2D eigenvalue weighted by Crippen LogP contribution is 2.26. The molecule has 0 atom stereocenters. The van der Waals surface area contributed by atoms with Gasteiger partial charge in [0, 0.05) is 6.07 Å². The van der Waals surface area contributed by atoms with Gasteiger partial charge < -0.3 is 14.0 Å². The largest absolute Gasteiger partial charge is 0.497 e. The van der Waals surface area contributed by atoms with Crippen LogP contribution in [0.4, 0.5) is 0 Å². The number of sulfone groups is 1. The van der Waals surface area contributed by atoms with Gasteiger partial charge in [0.2, 0.25) is 15.0 Å². The van der Waals surface area contributed by atoms with Crippen molar-refractivity contribution in [1.29, 1.82) is 0 Å². The molecule has 3 rings (SSSR count). The van der Waals surface area contributed by atoms with E-state index in [1.165, 1.54) is 0 Å². The first-order valence-corrected chi connectivity index (χ1v) is 9.53. The Kier molecular flexibility index (Phi) is 4.67. The van der Waals surface area contributed by atoms with E-state index in [0.717, 1.165) is 11.1 Å². The van der Waals surface area contributed by atoms with E-state index in [-0.39, 0.29) is 10.9 Å². The highest BCUT2D eigenvalue weighted by molar-refractivity contribution is 7.91. The maximum absolute atomic E-state index is 12.5. The summed E-state index contributed by atoms with van der Waals surface area (Å²) in [4.78, 5) is 4.35. The Hall–Kier alpha value is -2.54. The number of rotatable bonds is 6. The van der Waals surface area contributed by atoms with Gasteiger partial charge in [0.15, 0.2) is 0 Å². The van der Waals surface area contributed by atoms with Gasteiger partial charge in [-0.25, -0.2) is 13.4 Å². The Bertz CT molecular complexity index is 987. The fourth-order valence-electron chi connectivity index (χ4n) is 2.71. The minimum absolute atomic E-state index is 0.00223. The number of imidazole rings is 1. The molecule has 0 aliphatic heterocycles. The molecule has 2 aromatic carbocycles. The molecule has 7 heteroatoms. The van der Waals surface area contributed by atoms with Gasteiger partial charge in [0.25, 0.3) is 0 Å². The average Bonchev–Trinajstić information content (AvgIpc) is 3.00. The molecule has 132 valence electrons. The highest BCUT2D eigenvalue weighted by Gasteiger charge is 2.22. The second-order valence-corrected chi connectivity index (χ2v) is 7.77. The Labute approximate surface area is 146 Å². The quantitative estimate of drug-likeness (QED) is 0.676. The van der Waals surface area contributed by atoms with Gasteiger partial charge in [-0.2, -0.15) is 0 Å². The van der Waals surface area contributed by atoms with E-state index in [1.807, 2.05) is 36.4 Å². The van der Waals surface area contributed by atoms with Crippen LogP contribution in [0.15, 0.2) is 47.6 Å². The van der Waals surface area contributed by atoms with Crippen LogP contribution < -0.4 is 9.47 Å². The number of hydrogen-bond acceptors (Lipinski definition) is 5. The van der Waals surface area contributed by atoms with Gasteiger partial charge in [-0.3, -0.25) is 0 Å². The lowest BCUT2D eigenvalue weighted by Crippen LogP contribution is -2.13. The number of methoxy groups -OCH3 is 2. The Morgan fingerprint density at radius 3 is 2.28 bits per heavy atom. The molecule has 1 aromatic heterocycles. The van der Waals surface area contributed by atoms with E-state index in [2.05, 4.69) is 4.98 Å². The number of aromatic nitrogens is 2. The number of hydrogen-bond donors (Lipinski definition) is 0. The van der Waals surface area contributed by atoms with Gasteiger partial charge in [-0.1, -0.05) is 19.1 Å². The molecule has 6 nitrogen and oxygen atoms in total. The number of ether oxygens (including phenoxy) is 2. The Morgan fingerprint density at radius 1 is 1.04 bits per heavy atom. The van der Waals surface area contributed by atoms with Gasteiger partial charge in [-0.15, -0.1) is 0 Å². The van der Waals surface area contributed by atoms with Gasteiger partial charge in [0.1, 0.15) is 11.5 Å². The number of para-hydroxylation sites is 2. The predicted octanol–water partition coefficient (Wildman–Crippen LogP) is 2.90. The first-order chi connectivity index (χ1) is 12.0. The van der Waals surface area contributed by atoms with E-state index in [0.29, 0.717) is 23.6 Å². The third-order valence-corrected chi connectivity index (χ3v) is 5.66.